The van der Waals surface area contributed by atoms with Gasteiger partial charge in [-0.05, 0) is 37.5 Å². The number of carbonyl (C=O) groups is 1. The second-order valence-corrected chi connectivity index (χ2v) is 5.65. The number of rotatable bonds is 4. The third-order valence-corrected chi connectivity index (χ3v) is 3.91. The van der Waals surface area contributed by atoms with Gasteiger partial charge in [-0.3, -0.25) is 4.79 Å². The predicted molar refractivity (Wildman–Crippen MR) is 74.8 cm³/mol. The fourth-order valence-electron chi connectivity index (χ4n) is 1.95. The molecule has 2 rings (SSSR count). The van der Waals surface area contributed by atoms with E-state index in [2.05, 4.69) is 21.2 Å². The first-order valence-electron chi connectivity index (χ1n) is 5.88. The van der Waals surface area contributed by atoms with Crippen molar-refractivity contribution >= 4 is 27.5 Å². The molecule has 0 radical (unpaired) electrons. The number of halogens is 1. The molecule has 3 N–H and O–H groups in total. The monoisotopic (exact) mass is 312 g/mol. The van der Waals surface area contributed by atoms with E-state index in [9.17, 15) is 4.79 Å². The van der Waals surface area contributed by atoms with Gasteiger partial charge in [-0.2, -0.15) is 0 Å². The number of amides is 1. The molecule has 0 heterocycles. The van der Waals surface area contributed by atoms with E-state index in [-0.39, 0.29) is 11.3 Å². The van der Waals surface area contributed by atoms with Crippen molar-refractivity contribution in [3.05, 3.63) is 22.2 Å². The van der Waals surface area contributed by atoms with Crippen molar-refractivity contribution in [3.8, 4) is 5.75 Å². The standard InChI is InChI=1S/C13H17BrN2O2/c1-8-5-9(14)6-10(18-2)11(8)16-12(17)13(7-15)3-4-13/h5-6H,3-4,7,15H2,1-2H3,(H,16,17). The summed E-state index contributed by atoms with van der Waals surface area (Å²) in [6.07, 6.45) is 1.74. The topological polar surface area (TPSA) is 64.3 Å². The molecule has 0 unspecified atom stereocenters. The second kappa shape index (κ2) is 4.90. The Morgan fingerprint density at radius 3 is 2.72 bits per heavy atom. The molecule has 0 aromatic heterocycles. The van der Waals surface area contributed by atoms with E-state index in [0.717, 1.165) is 28.6 Å². The first-order valence-corrected chi connectivity index (χ1v) is 6.67. The minimum Gasteiger partial charge on any atom is -0.495 e. The Hall–Kier alpha value is -1.07. The lowest BCUT2D eigenvalue weighted by atomic mass is 10.1. The van der Waals surface area contributed by atoms with E-state index >= 15 is 0 Å². The van der Waals surface area contributed by atoms with Gasteiger partial charge in [0.1, 0.15) is 5.75 Å². The van der Waals surface area contributed by atoms with Crippen LogP contribution in [0.4, 0.5) is 5.69 Å². The van der Waals surface area contributed by atoms with Gasteiger partial charge in [0.05, 0.1) is 18.2 Å². The van der Waals surface area contributed by atoms with Gasteiger partial charge in [0.2, 0.25) is 5.91 Å². The summed E-state index contributed by atoms with van der Waals surface area (Å²) in [6.45, 7) is 2.33. The van der Waals surface area contributed by atoms with E-state index in [0.29, 0.717) is 12.3 Å². The average Bonchev–Trinajstić information content (AvgIpc) is 3.13. The molecule has 1 aliphatic rings. The first kappa shape index (κ1) is 13.4. The first-order chi connectivity index (χ1) is 8.52. The maximum Gasteiger partial charge on any atom is 0.231 e. The molecule has 0 bridgehead atoms. The normalized spacial score (nSPS) is 16.2. The summed E-state index contributed by atoms with van der Waals surface area (Å²) in [5.41, 5.74) is 6.99. The predicted octanol–water partition coefficient (Wildman–Crippen LogP) is 2.44. The smallest absolute Gasteiger partial charge is 0.231 e. The van der Waals surface area contributed by atoms with Crippen molar-refractivity contribution in [2.24, 2.45) is 11.1 Å². The lowest BCUT2D eigenvalue weighted by molar-refractivity contribution is -0.120. The summed E-state index contributed by atoms with van der Waals surface area (Å²) in [5.74, 6) is 0.650. The van der Waals surface area contributed by atoms with Crippen molar-refractivity contribution in [2.75, 3.05) is 19.0 Å². The zero-order valence-electron chi connectivity index (χ0n) is 10.5. The molecule has 5 heteroatoms. The van der Waals surface area contributed by atoms with Gasteiger partial charge in [-0.1, -0.05) is 15.9 Å². The molecule has 98 valence electrons. The Morgan fingerprint density at radius 1 is 1.56 bits per heavy atom. The number of aryl methyl sites for hydroxylation is 1. The van der Waals surface area contributed by atoms with E-state index in [4.69, 9.17) is 10.5 Å². The highest BCUT2D eigenvalue weighted by Crippen LogP contribution is 2.46. The number of hydrogen-bond donors (Lipinski definition) is 2. The molecule has 1 aromatic rings. The largest absolute Gasteiger partial charge is 0.495 e. The van der Waals surface area contributed by atoms with Gasteiger partial charge in [0.25, 0.3) is 0 Å². The van der Waals surface area contributed by atoms with E-state index in [1.54, 1.807) is 7.11 Å². The van der Waals surface area contributed by atoms with Crippen LogP contribution in [0, 0.1) is 12.3 Å². The zero-order valence-corrected chi connectivity index (χ0v) is 12.1. The van der Waals surface area contributed by atoms with Gasteiger partial charge < -0.3 is 15.8 Å². The van der Waals surface area contributed by atoms with Crippen LogP contribution in [0.15, 0.2) is 16.6 Å². The summed E-state index contributed by atoms with van der Waals surface area (Å²) in [6, 6.07) is 3.78. The van der Waals surface area contributed by atoms with Gasteiger partial charge in [0.15, 0.2) is 0 Å². The Labute approximate surface area is 115 Å². The maximum atomic E-state index is 12.2. The van der Waals surface area contributed by atoms with Crippen LogP contribution in [0.2, 0.25) is 0 Å². The maximum absolute atomic E-state index is 12.2. The molecule has 1 amide bonds. The van der Waals surface area contributed by atoms with Crippen LogP contribution in [0.1, 0.15) is 18.4 Å². The molecule has 0 saturated heterocycles. The number of nitrogens with one attached hydrogen (secondary N) is 1. The highest BCUT2D eigenvalue weighted by molar-refractivity contribution is 9.10. The van der Waals surface area contributed by atoms with Crippen LogP contribution in [-0.2, 0) is 4.79 Å². The third kappa shape index (κ3) is 2.37. The minimum atomic E-state index is -0.357. The number of methoxy groups -OCH3 is 1. The second-order valence-electron chi connectivity index (χ2n) is 4.74. The van der Waals surface area contributed by atoms with E-state index < -0.39 is 0 Å². The van der Waals surface area contributed by atoms with Crippen molar-refractivity contribution in [1.29, 1.82) is 0 Å². The average molecular weight is 313 g/mol. The molecule has 1 aromatic carbocycles. The highest BCUT2D eigenvalue weighted by Gasteiger charge is 2.48. The molecule has 1 saturated carbocycles. The number of benzene rings is 1. The Bertz CT molecular complexity index is 484. The molecular formula is C13H17BrN2O2. The number of nitrogens with two attached hydrogens (primary N) is 1. The number of hydrogen-bond acceptors (Lipinski definition) is 3. The summed E-state index contributed by atoms with van der Waals surface area (Å²) in [7, 11) is 1.59. The van der Waals surface area contributed by atoms with Crippen LogP contribution in [-0.4, -0.2) is 19.6 Å². The number of carbonyl (C=O) groups excluding carboxylic acids is 1. The zero-order chi connectivity index (χ0) is 13.3. The Morgan fingerprint density at radius 2 is 2.22 bits per heavy atom. The number of ether oxygens (including phenoxy) is 1. The van der Waals surface area contributed by atoms with Crippen LogP contribution < -0.4 is 15.8 Å². The lowest BCUT2D eigenvalue weighted by Crippen LogP contribution is -2.31. The van der Waals surface area contributed by atoms with Gasteiger partial charge in [-0.15, -0.1) is 0 Å². The van der Waals surface area contributed by atoms with Crippen molar-refractivity contribution < 1.29 is 9.53 Å². The SMILES string of the molecule is COc1cc(Br)cc(C)c1NC(=O)C1(CN)CC1. The van der Waals surface area contributed by atoms with Crippen LogP contribution >= 0.6 is 15.9 Å². The summed E-state index contributed by atoms with van der Waals surface area (Å²) < 4.78 is 6.22. The Kier molecular flexibility index (Phi) is 3.64. The summed E-state index contributed by atoms with van der Waals surface area (Å²) in [4.78, 5) is 12.2. The van der Waals surface area contributed by atoms with Crippen molar-refractivity contribution in [1.82, 2.24) is 0 Å². The molecule has 0 atom stereocenters. The molecule has 4 nitrogen and oxygen atoms in total. The molecule has 18 heavy (non-hydrogen) atoms. The van der Waals surface area contributed by atoms with Crippen molar-refractivity contribution in [2.45, 2.75) is 19.8 Å². The fourth-order valence-corrected chi connectivity index (χ4v) is 2.51. The molecule has 0 spiro atoms. The summed E-state index contributed by atoms with van der Waals surface area (Å²) >= 11 is 3.41. The molecule has 0 aliphatic heterocycles. The van der Waals surface area contributed by atoms with E-state index in [1.807, 2.05) is 19.1 Å². The van der Waals surface area contributed by atoms with Gasteiger partial charge in [-0.25, -0.2) is 0 Å². The lowest BCUT2D eigenvalue weighted by Gasteiger charge is -2.17. The summed E-state index contributed by atoms with van der Waals surface area (Å²) in [5, 5.41) is 2.95. The molecule has 1 fully saturated rings. The van der Waals surface area contributed by atoms with Gasteiger partial charge >= 0.3 is 0 Å². The van der Waals surface area contributed by atoms with Crippen LogP contribution in [0.5, 0.6) is 5.75 Å². The number of anilines is 1. The van der Waals surface area contributed by atoms with Crippen molar-refractivity contribution in [3.63, 3.8) is 0 Å². The van der Waals surface area contributed by atoms with Gasteiger partial charge in [0, 0.05) is 11.0 Å². The molecular weight excluding hydrogens is 296 g/mol. The highest BCUT2D eigenvalue weighted by atomic mass is 79.9. The fraction of sp³-hybridized carbons (Fsp3) is 0.462. The third-order valence-electron chi connectivity index (χ3n) is 3.45. The minimum absolute atomic E-state index is 0.00581. The quantitative estimate of drug-likeness (QED) is 0.897. The van der Waals surface area contributed by atoms with Crippen LogP contribution in [0.25, 0.3) is 0 Å². The van der Waals surface area contributed by atoms with E-state index in [1.165, 1.54) is 0 Å². The Balaban J connectivity index is 2.26. The molecule has 1 aliphatic carbocycles. The van der Waals surface area contributed by atoms with Crippen LogP contribution in [0.3, 0.4) is 0 Å².